The third kappa shape index (κ3) is 3.01. The highest BCUT2D eigenvalue weighted by Gasteiger charge is 2.11. The van der Waals surface area contributed by atoms with E-state index < -0.39 is 5.97 Å². The molecule has 0 unspecified atom stereocenters. The van der Waals surface area contributed by atoms with Gasteiger partial charge < -0.3 is 15.0 Å². The molecule has 5 nitrogen and oxygen atoms in total. The van der Waals surface area contributed by atoms with E-state index >= 15 is 0 Å². The van der Waals surface area contributed by atoms with Gasteiger partial charge in [0.2, 0.25) is 0 Å². The van der Waals surface area contributed by atoms with Crippen LogP contribution >= 0.6 is 11.6 Å². The van der Waals surface area contributed by atoms with E-state index in [4.69, 9.17) is 22.0 Å². The zero-order chi connectivity index (χ0) is 15.6. The maximum atomic E-state index is 11.0. The van der Waals surface area contributed by atoms with Gasteiger partial charge in [0.15, 0.2) is 0 Å². The van der Waals surface area contributed by atoms with Crippen molar-refractivity contribution in [2.75, 3.05) is 5.32 Å². The molecule has 2 aromatic rings. The van der Waals surface area contributed by atoms with Gasteiger partial charge in [-0.2, -0.15) is 5.26 Å². The molecule has 108 valence electrons. The van der Waals surface area contributed by atoms with Crippen LogP contribution in [-0.2, 0) is 13.6 Å². The number of aromatic nitrogens is 1. The van der Waals surface area contributed by atoms with Gasteiger partial charge in [-0.05, 0) is 36.8 Å². The summed E-state index contributed by atoms with van der Waals surface area (Å²) in [5.41, 5.74) is 3.29. The highest BCUT2D eigenvalue weighted by Crippen LogP contribution is 2.22. The minimum atomic E-state index is -1.06. The number of rotatable bonds is 4. The van der Waals surface area contributed by atoms with Crippen LogP contribution in [0, 0.1) is 18.3 Å². The van der Waals surface area contributed by atoms with Crippen molar-refractivity contribution >= 4 is 23.3 Å². The lowest BCUT2D eigenvalue weighted by Gasteiger charge is -2.08. The first kappa shape index (κ1) is 14.9. The van der Waals surface area contributed by atoms with E-state index in [2.05, 4.69) is 11.4 Å². The summed E-state index contributed by atoms with van der Waals surface area (Å²) in [6, 6.07) is 8.70. The lowest BCUT2D eigenvalue weighted by molar-refractivity contribution is 0.0697. The molecule has 1 aromatic heterocycles. The molecule has 0 radical (unpaired) electrons. The Bertz CT molecular complexity index is 744. The Morgan fingerprint density at radius 2 is 2.19 bits per heavy atom. The number of nitrogens with zero attached hydrogens (tertiary/aromatic N) is 2. The number of carbonyl (C=O) groups is 1. The molecule has 0 fully saturated rings. The number of hydrogen-bond donors (Lipinski definition) is 2. The molecule has 0 saturated heterocycles. The SMILES string of the molecule is Cc1c(CNc2ccc(Cl)c(C(=O)O)c2)cc(C#N)n1C. The lowest BCUT2D eigenvalue weighted by Crippen LogP contribution is -2.03. The minimum absolute atomic E-state index is 0.0594. The Morgan fingerprint density at radius 1 is 1.48 bits per heavy atom. The molecule has 0 aliphatic heterocycles. The van der Waals surface area contributed by atoms with E-state index in [0.717, 1.165) is 11.3 Å². The van der Waals surface area contributed by atoms with Crippen molar-refractivity contribution in [3.63, 3.8) is 0 Å². The fraction of sp³-hybridized carbons (Fsp3) is 0.200. The van der Waals surface area contributed by atoms with Crippen LogP contribution in [0.3, 0.4) is 0 Å². The van der Waals surface area contributed by atoms with Gasteiger partial charge in [0.05, 0.1) is 10.6 Å². The summed E-state index contributed by atoms with van der Waals surface area (Å²) in [5.74, 6) is -1.06. The number of anilines is 1. The van der Waals surface area contributed by atoms with Gasteiger partial charge in [0.25, 0.3) is 0 Å². The fourth-order valence-electron chi connectivity index (χ4n) is 2.05. The van der Waals surface area contributed by atoms with Crippen molar-refractivity contribution in [3.8, 4) is 6.07 Å². The summed E-state index contributed by atoms with van der Waals surface area (Å²) in [6.07, 6.45) is 0. The first-order valence-corrected chi connectivity index (χ1v) is 6.64. The fourth-order valence-corrected chi connectivity index (χ4v) is 2.24. The second kappa shape index (κ2) is 5.90. The van der Waals surface area contributed by atoms with Crippen molar-refractivity contribution in [2.24, 2.45) is 7.05 Å². The predicted molar refractivity (Wildman–Crippen MR) is 80.6 cm³/mol. The molecule has 2 rings (SSSR count). The van der Waals surface area contributed by atoms with Crippen LogP contribution in [0.2, 0.25) is 5.02 Å². The number of hydrogen-bond acceptors (Lipinski definition) is 3. The summed E-state index contributed by atoms with van der Waals surface area (Å²) in [5, 5.41) is 21.4. The molecule has 2 N–H and O–H groups in total. The van der Waals surface area contributed by atoms with Gasteiger partial charge in [-0.1, -0.05) is 11.6 Å². The average molecular weight is 304 g/mol. The maximum Gasteiger partial charge on any atom is 0.337 e. The molecule has 0 amide bonds. The van der Waals surface area contributed by atoms with Gasteiger partial charge in [0, 0.05) is 25.0 Å². The number of halogens is 1. The largest absolute Gasteiger partial charge is 0.478 e. The molecule has 0 saturated carbocycles. The van der Waals surface area contributed by atoms with Gasteiger partial charge in [-0.3, -0.25) is 0 Å². The molecule has 0 aliphatic rings. The Hall–Kier alpha value is -2.45. The molecule has 1 aromatic carbocycles. The lowest BCUT2D eigenvalue weighted by atomic mass is 10.2. The molecule has 0 spiro atoms. The maximum absolute atomic E-state index is 11.0. The Labute approximate surface area is 127 Å². The van der Waals surface area contributed by atoms with E-state index in [1.807, 2.05) is 24.6 Å². The van der Waals surface area contributed by atoms with Crippen LogP contribution in [0.1, 0.15) is 27.3 Å². The smallest absolute Gasteiger partial charge is 0.337 e. The standard InChI is InChI=1S/C15H14ClN3O2/c1-9-10(5-12(7-17)19(9)2)8-18-11-3-4-14(16)13(6-11)15(20)21/h3-6,18H,8H2,1-2H3,(H,20,21). The predicted octanol–water partition coefficient (Wildman–Crippen LogP) is 3.17. The Balaban J connectivity index is 2.19. The number of nitriles is 1. The second-order valence-electron chi connectivity index (χ2n) is 4.66. The number of aromatic carboxylic acids is 1. The summed E-state index contributed by atoms with van der Waals surface area (Å²) in [4.78, 5) is 11.0. The van der Waals surface area contributed by atoms with Crippen LogP contribution < -0.4 is 5.32 Å². The van der Waals surface area contributed by atoms with Crippen molar-refractivity contribution < 1.29 is 9.90 Å². The minimum Gasteiger partial charge on any atom is -0.478 e. The van der Waals surface area contributed by atoms with Crippen LogP contribution in [0.25, 0.3) is 0 Å². The average Bonchev–Trinajstić information content (AvgIpc) is 2.73. The van der Waals surface area contributed by atoms with Crippen molar-refractivity contribution in [2.45, 2.75) is 13.5 Å². The summed E-state index contributed by atoms with van der Waals surface area (Å²) in [6.45, 7) is 2.43. The molecule has 1 heterocycles. The molecular formula is C15H14ClN3O2. The number of benzene rings is 1. The van der Waals surface area contributed by atoms with Gasteiger partial charge in [-0.25, -0.2) is 4.79 Å². The zero-order valence-corrected chi connectivity index (χ0v) is 12.4. The van der Waals surface area contributed by atoms with Crippen LogP contribution in [0.5, 0.6) is 0 Å². The van der Waals surface area contributed by atoms with Gasteiger partial charge in [0.1, 0.15) is 11.8 Å². The number of carboxylic acids is 1. The Kier molecular flexibility index (Phi) is 4.20. The summed E-state index contributed by atoms with van der Waals surface area (Å²) >= 11 is 5.83. The highest BCUT2D eigenvalue weighted by molar-refractivity contribution is 6.33. The third-order valence-electron chi connectivity index (χ3n) is 3.43. The molecule has 0 aliphatic carbocycles. The number of nitrogens with one attached hydrogen (secondary N) is 1. The second-order valence-corrected chi connectivity index (χ2v) is 5.07. The molecule has 6 heteroatoms. The first-order chi connectivity index (χ1) is 9.93. The summed E-state index contributed by atoms with van der Waals surface area (Å²) in [7, 11) is 1.84. The topological polar surface area (TPSA) is 78.1 Å². The van der Waals surface area contributed by atoms with Crippen LogP contribution in [0.15, 0.2) is 24.3 Å². The van der Waals surface area contributed by atoms with Crippen LogP contribution in [-0.4, -0.2) is 15.6 Å². The molecule has 21 heavy (non-hydrogen) atoms. The molecule has 0 atom stereocenters. The van der Waals surface area contributed by atoms with E-state index in [0.29, 0.717) is 17.9 Å². The van der Waals surface area contributed by atoms with Crippen molar-refractivity contribution in [1.82, 2.24) is 4.57 Å². The normalized spacial score (nSPS) is 10.2. The quantitative estimate of drug-likeness (QED) is 0.909. The van der Waals surface area contributed by atoms with E-state index in [9.17, 15) is 4.79 Å². The van der Waals surface area contributed by atoms with Gasteiger partial charge >= 0.3 is 5.97 Å². The Morgan fingerprint density at radius 3 is 2.76 bits per heavy atom. The highest BCUT2D eigenvalue weighted by atomic mass is 35.5. The summed E-state index contributed by atoms with van der Waals surface area (Å²) < 4.78 is 1.82. The van der Waals surface area contributed by atoms with Crippen LogP contribution in [0.4, 0.5) is 5.69 Å². The monoisotopic (exact) mass is 303 g/mol. The molecule has 0 bridgehead atoms. The van der Waals surface area contributed by atoms with E-state index in [-0.39, 0.29) is 10.6 Å². The van der Waals surface area contributed by atoms with Crippen molar-refractivity contribution in [3.05, 3.63) is 51.8 Å². The van der Waals surface area contributed by atoms with Gasteiger partial charge in [-0.15, -0.1) is 0 Å². The van der Waals surface area contributed by atoms with E-state index in [1.165, 1.54) is 6.07 Å². The zero-order valence-electron chi connectivity index (χ0n) is 11.6. The third-order valence-corrected chi connectivity index (χ3v) is 3.76. The van der Waals surface area contributed by atoms with E-state index in [1.54, 1.807) is 12.1 Å². The van der Waals surface area contributed by atoms with Crippen molar-refractivity contribution in [1.29, 1.82) is 5.26 Å². The number of carboxylic acid groups (broad SMARTS) is 1. The molecular weight excluding hydrogens is 290 g/mol. The first-order valence-electron chi connectivity index (χ1n) is 6.26.